The normalized spacial score (nSPS) is 23.0. The molecule has 0 saturated carbocycles. The lowest BCUT2D eigenvalue weighted by molar-refractivity contribution is 0.0423. The number of carbonyl (C=O) groups excluding carboxylic acids is 1. The molecule has 0 aromatic heterocycles. The van der Waals surface area contributed by atoms with Crippen molar-refractivity contribution in [3.8, 4) is 0 Å². The van der Waals surface area contributed by atoms with Gasteiger partial charge < -0.3 is 15.0 Å². The van der Waals surface area contributed by atoms with Crippen molar-refractivity contribution in [3.05, 3.63) is 65.5 Å². The average molecular weight is 326 g/mol. The second kappa shape index (κ2) is 6.24. The van der Waals surface area contributed by atoms with E-state index >= 15 is 0 Å². The van der Waals surface area contributed by atoms with Crippen LogP contribution in [0.2, 0.25) is 0 Å². The van der Waals surface area contributed by atoms with E-state index in [1.165, 1.54) is 6.07 Å². The number of ether oxygens (including phenoxy) is 1. The van der Waals surface area contributed by atoms with Gasteiger partial charge in [0, 0.05) is 24.4 Å². The van der Waals surface area contributed by atoms with Crippen LogP contribution in [0.25, 0.3) is 0 Å². The maximum Gasteiger partial charge on any atom is 0.257 e. The fraction of sp³-hybridized carbons (Fsp3) is 0.316. The Morgan fingerprint density at radius 2 is 1.96 bits per heavy atom. The highest BCUT2D eigenvalue weighted by molar-refractivity contribution is 6.01. The second-order valence-corrected chi connectivity index (χ2v) is 6.21. The van der Waals surface area contributed by atoms with E-state index in [2.05, 4.69) is 5.32 Å². The number of rotatable bonds is 3. The molecule has 1 fully saturated rings. The van der Waals surface area contributed by atoms with Gasteiger partial charge in [0.15, 0.2) is 0 Å². The highest BCUT2D eigenvalue weighted by atomic mass is 19.1. The molecule has 124 valence electrons. The summed E-state index contributed by atoms with van der Waals surface area (Å²) in [4.78, 5) is 14.7. The first-order chi connectivity index (χ1) is 11.7. The van der Waals surface area contributed by atoms with E-state index in [-0.39, 0.29) is 17.8 Å². The van der Waals surface area contributed by atoms with Crippen molar-refractivity contribution in [1.29, 1.82) is 0 Å². The monoisotopic (exact) mass is 326 g/mol. The van der Waals surface area contributed by atoms with Crippen molar-refractivity contribution >= 4 is 11.6 Å². The number of benzene rings is 2. The van der Waals surface area contributed by atoms with Crippen LogP contribution in [0.4, 0.5) is 10.1 Å². The number of nitrogens with zero attached hydrogens (tertiary/aromatic N) is 1. The molecule has 0 bridgehead atoms. The van der Waals surface area contributed by atoms with Crippen molar-refractivity contribution in [2.75, 3.05) is 18.5 Å². The molecule has 2 heterocycles. The summed E-state index contributed by atoms with van der Waals surface area (Å²) in [5.41, 5.74) is 1.82. The smallest absolute Gasteiger partial charge is 0.257 e. The van der Waals surface area contributed by atoms with Crippen molar-refractivity contribution in [2.45, 2.75) is 25.1 Å². The molecule has 0 spiro atoms. The van der Waals surface area contributed by atoms with Crippen LogP contribution in [0, 0.1) is 5.82 Å². The second-order valence-electron chi connectivity index (χ2n) is 6.21. The van der Waals surface area contributed by atoms with Gasteiger partial charge in [0.1, 0.15) is 12.0 Å². The average Bonchev–Trinajstić information content (AvgIpc) is 3.11. The van der Waals surface area contributed by atoms with Crippen molar-refractivity contribution in [3.63, 3.8) is 0 Å². The fourth-order valence-electron chi connectivity index (χ4n) is 3.43. The van der Waals surface area contributed by atoms with Crippen LogP contribution in [0.15, 0.2) is 48.5 Å². The van der Waals surface area contributed by atoms with Crippen LogP contribution >= 0.6 is 0 Å². The number of fused-ring (bicyclic) bond motifs is 1. The van der Waals surface area contributed by atoms with Gasteiger partial charge in [-0.15, -0.1) is 0 Å². The van der Waals surface area contributed by atoms with E-state index in [9.17, 15) is 9.18 Å². The third kappa shape index (κ3) is 2.65. The molecule has 1 N–H and O–H groups in total. The van der Waals surface area contributed by atoms with E-state index in [1.54, 1.807) is 29.2 Å². The minimum Gasteiger partial charge on any atom is -0.376 e. The maximum absolute atomic E-state index is 14.4. The molecule has 2 aromatic carbocycles. The van der Waals surface area contributed by atoms with E-state index in [0.29, 0.717) is 17.7 Å². The molecule has 24 heavy (non-hydrogen) atoms. The third-order valence-corrected chi connectivity index (χ3v) is 4.65. The summed E-state index contributed by atoms with van der Waals surface area (Å²) in [5.74, 6) is -0.410. The summed E-state index contributed by atoms with van der Waals surface area (Å²) in [7, 11) is 0. The summed E-state index contributed by atoms with van der Waals surface area (Å²) in [5, 5.41) is 3.32. The molecule has 1 amide bonds. The zero-order valence-electron chi connectivity index (χ0n) is 13.2. The summed E-state index contributed by atoms with van der Waals surface area (Å²) < 4.78 is 20.0. The van der Waals surface area contributed by atoms with E-state index < -0.39 is 6.17 Å². The van der Waals surface area contributed by atoms with Crippen LogP contribution in [-0.4, -0.2) is 30.1 Å². The van der Waals surface area contributed by atoms with Gasteiger partial charge in [0.05, 0.1) is 11.7 Å². The maximum atomic E-state index is 14.4. The molecule has 0 radical (unpaired) electrons. The molecule has 2 atom stereocenters. The number of hydrogen-bond donors (Lipinski definition) is 1. The van der Waals surface area contributed by atoms with Crippen LogP contribution < -0.4 is 5.32 Å². The minimum absolute atomic E-state index is 0.00952. The Balaban J connectivity index is 1.73. The molecule has 5 heteroatoms. The molecule has 4 rings (SSSR count). The van der Waals surface area contributed by atoms with Crippen LogP contribution in [0.5, 0.6) is 0 Å². The molecule has 2 aliphatic rings. The van der Waals surface area contributed by atoms with Crippen LogP contribution in [0.1, 0.15) is 34.9 Å². The van der Waals surface area contributed by atoms with Gasteiger partial charge in [-0.25, -0.2) is 4.39 Å². The Kier molecular flexibility index (Phi) is 3.94. The predicted molar refractivity (Wildman–Crippen MR) is 89.2 cm³/mol. The Morgan fingerprint density at radius 3 is 2.75 bits per heavy atom. The highest BCUT2D eigenvalue weighted by Gasteiger charge is 2.36. The Bertz CT molecular complexity index is 759. The van der Waals surface area contributed by atoms with Gasteiger partial charge in [-0.05, 0) is 31.0 Å². The van der Waals surface area contributed by atoms with Crippen molar-refractivity contribution in [1.82, 2.24) is 4.90 Å². The SMILES string of the molecule is O=C1c2ccccc2N[C@H](c2ccccc2F)N1C[C@@H]1CCCO1. The van der Waals surface area contributed by atoms with E-state index in [1.807, 2.05) is 18.2 Å². The van der Waals surface area contributed by atoms with Gasteiger partial charge in [0.25, 0.3) is 5.91 Å². The van der Waals surface area contributed by atoms with Gasteiger partial charge in [-0.2, -0.15) is 0 Å². The largest absolute Gasteiger partial charge is 0.376 e. The number of amides is 1. The molecule has 2 aromatic rings. The number of hydrogen-bond acceptors (Lipinski definition) is 3. The van der Waals surface area contributed by atoms with E-state index in [0.717, 1.165) is 25.1 Å². The summed E-state index contributed by atoms with van der Waals surface area (Å²) in [6.07, 6.45) is 1.41. The fourth-order valence-corrected chi connectivity index (χ4v) is 3.43. The van der Waals surface area contributed by atoms with Crippen molar-refractivity contribution in [2.24, 2.45) is 0 Å². The van der Waals surface area contributed by atoms with Gasteiger partial charge in [-0.1, -0.05) is 30.3 Å². The standard InChI is InChI=1S/C19H19FN2O2/c20-16-9-3-1-7-14(16)18-21-17-10-4-2-8-15(17)19(23)22(18)12-13-6-5-11-24-13/h1-4,7-10,13,18,21H,5-6,11-12H2/t13-,18-/m0/s1. The lowest BCUT2D eigenvalue weighted by atomic mass is 10.0. The van der Waals surface area contributed by atoms with Gasteiger partial charge >= 0.3 is 0 Å². The quantitative estimate of drug-likeness (QED) is 0.937. The van der Waals surface area contributed by atoms with Gasteiger partial charge in [-0.3, -0.25) is 4.79 Å². The van der Waals surface area contributed by atoms with Crippen molar-refractivity contribution < 1.29 is 13.9 Å². The Morgan fingerprint density at radius 1 is 1.17 bits per heavy atom. The minimum atomic E-state index is -0.530. The first kappa shape index (κ1) is 15.1. The van der Waals surface area contributed by atoms with Crippen LogP contribution in [0.3, 0.4) is 0 Å². The predicted octanol–water partition coefficient (Wildman–Crippen LogP) is 3.57. The number of carbonyl (C=O) groups is 1. The lowest BCUT2D eigenvalue weighted by Crippen LogP contribution is -2.46. The summed E-state index contributed by atoms with van der Waals surface area (Å²) in [6, 6.07) is 13.9. The highest BCUT2D eigenvalue weighted by Crippen LogP contribution is 2.34. The Labute approximate surface area is 140 Å². The molecule has 1 saturated heterocycles. The summed E-state index contributed by atoms with van der Waals surface area (Å²) >= 11 is 0. The molecule has 0 unspecified atom stereocenters. The molecule has 0 aliphatic carbocycles. The number of para-hydroxylation sites is 1. The molecule has 2 aliphatic heterocycles. The zero-order valence-corrected chi connectivity index (χ0v) is 13.2. The first-order valence-electron chi connectivity index (χ1n) is 8.26. The molecular weight excluding hydrogens is 307 g/mol. The van der Waals surface area contributed by atoms with E-state index in [4.69, 9.17) is 4.74 Å². The summed E-state index contributed by atoms with van der Waals surface area (Å²) in [6.45, 7) is 1.18. The zero-order chi connectivity index (χ0) is 16.5. The molecular formula is C19H19FN2O2. The molecule has 4 nitrogen and oxygen atoms in total. The number of halogens is 1. The van der Waals surface area contributed by atoms with Crippen LogP contribution in [-0.2, 0) is 4.74 Å². The lowest BCUT2D eigenvalue weighted by Gasteiger charge is -2.39. The number of nitrogens with one attached hydrogen (secondary N) is 1. The van der Waals surface area contributed by atoms with Gasteiger partial charge in [0.2, 0.25) is 0 Å². The third-order valence-electron chi connectivity index (χ3n) is 4.65. The first-order valence-corrected chi connectivity index (χ1v) is 8.26. The Hall–Kier alpha value is -2.40. The topological polar surface area (TPSA) is 41.6 Å². The number of anilines is 1.